The van der Waals surface area contributed by atoms with Crippen molar-refractivity contribution in [1.82, 2.24) is 0 Å². The van der Waals surface area contributed by atoms with Crippen LogP contribution in [0.5, 0.6) is 0 Å². The van der Waals surface area contributed by atoms with Crippen LogP contribution in [0.1, 0.15) is 27.0 Å². The van der Waals surface area contributed by atoms with Gasteiger partial charge in [-0.15, -0.1) is 0 Å². The maximum Gasteiger partial charge on any atom is 0.167 e. The van der Waals surface area contributed by atoms with Crippen molar-refractivity contribution in [3.63, 3.8) is 0 Å². The van der Waals surface area contributed by atoms with Crippen molar-refractivity contribution in [2.75, 3.05) is 0 Å². The highest BCUT2D eigenvalue weighted by Crippen LogP contribution is 2.18. The predicted molar refractivity (Wildman–Crippen MR) is 78.1 cm³/mol. The van der Waals surface area contributed by atoms with E-state index in [1.807, 2.05) is 32.0 Å². The van der Waals surface area contributed by atoms with Crippen molar-refractivity contribution in [2.24, 2.45) is 0 Å². The molecule has 98 valence electrons. The topological polar surface area (TPSA) is 17.1 Å². The van der Waals surface area contributed by atoms with E-state index in [1.54, 1.807) is 12.1 Å². The Hall–Kier alpha value is -1.48. The Labute approximate surface area is 120 Å². The molecular formula is C16H14BrFO. The molecular weight excluding hydrogens is 307 g/mol. The number of aryl methyl sites for hydroxylation is 2. The molecule has 0 radical (unpaired) electrons. The van der Waals surface area contributed by atoms with Crippen LogP contribution in [0.2, 0.25) is 0 Å². The van der Waals surface area contributed by atoms with E-state index in [0.717, 1.165) is 11.1 Å². The molecule has 0 unspecified atom stereocenters. The molecule has 1 nitrogen and oxygen atoms in total. The van der Waals surface area contributed by atoms with Gasteiger partial charge in [0.25, 0.3) is 0 Å². The smallest absolute Gasteiger partial charge is 0.167 e. The Morgan fingerprint density at radius 3 is 2.32 bits per heavy atom. The number of ketones is 1. The van der Waals surface area contributed by atoms with E-state index in [-0.39, 0.29) is 18.0 Å². The number of halogens is 2. The van der Waals surface area contributed by atoms with Gasteiger partial charge >= 0.3 is 0 Å². The maximum atomic E-state index is 13.7. The van der Waals surface area contributed by atoms with Crippen molar-refractivity contribution >= 4 is 21.7 Å². The zero-order chi connectivity index (χ0) is 14.0. The highest BCUT2D eigenvalue weighted by molar-refractivity contribution is 9.10. The van der Waals surface area contributed by atoms with Gasteiger partial charge in [0.2, 0.25) is 0 Å². The first kappa shape index (κ1) is 13.9. The lowest BCUT2D eigenvalue weighted by molar-refractivity contribution is 0.0991. The fraction of sp³-hybridized carbons (Fsp3) is 0.188. The molecule has 0 aliphatic rings. The minimum Gasteiger partial charge on any atom is -0.294 e. The molecule has 19 heavy (non-hydrogen) atoms. The second-order valence-electron chi connectivity index (χ2n) is 4.71. The minimum absolute atomic E-state index is 0.0620. The molecule has 0 aromatic heterocycles. The van der Waals surface area contributed by atoms with Crippen LogP contribution in [-0.4, -0.2) is 5.78 Å². The van der Waals surface area contributed by atoms with E-state index in [9.17, 15) is 9.18 Å². The first-order valence-corrected chi connectivity index (χ1v) is 6.80. The Morgan fingerprint density at radius 2 is 1.74 bits per heavy atom. The van der Waals surface area contributed by atoms with Crippen LogP contribution >= 0.6 is 15.9 Å². The summed E-state index contributed by atoms with van der Waals surface area (Å²) in [5, 5.41) is 0. The summed E-state index contributed by atoms with van der Waals surface area (Å²) in [6, 6.07) is 10.5. The molecule has 0 atom stereocenters. The number of Topliss-reactive ketones (excluding diaryl/α,β-unsaturated/α-hetero) is 1. The molecule has 0 fully saturated rings. The zero-order valence-corrected chi connectivity index (χ0v) is 12.4. The predicted octanol–water partition coefficient (Wildman–Crippen LogP) is 4.63. The van der Waals surface area contributed by atoms with Gasteiger partial charge in [-0.25, -0.2) is 4.39 Å². The van der Waals surface area contributed by atoms with E-state index in [4.69, 9.17) is 0 Å². The summed E-state index contributed by atoms with van der Waals surface area (Å²) >= 11 is 3.20. The number of hydrogen-bond donors (Lipinski definition) is 0. The molecule has 3 heteroatoms. The second-order valence-corrected chi connectivity index (χ2v) is 5.63. The third kappa shape index (κ3) is 3.51. The van der Waals surface area contributed by atoms with Gasteiger partial charge in [-0.3, -0.25) is 4.79 Å². The van der Waals surface area contributed by atoms with Gasteiger partial charge in [-0.05, 0) is 43.7 Å². The van der Waals surface area contributed by atoms with Crippen LogP contribution in [0, 0.1) is 19.7 Å². The van der Waals surface area contributed by atoms with Gasteiger partial charge in [-0.1, -0.05) is 39.2 Å². The van der Waals surface area contributed by atoms with Gasteiger partial charge in [0.15, 0.2) is 5.78 Å². The first-order chi connectivity index (χ1) is 8.95. The summed E-state index contributed by atoms with van der Waals surface area (Å²) in [6.45, 7) is 3.90. The van der Waals surface area contributed by atoms with E-state index in [2.05, 4.69) is 15.9 Å². The van der Waals surface area contributed by atoms with Gasteiger partial charge in [0.05, 0.1) is 0 Å². The maximum absolute atomic E-state index is 13.7. The van der Waals surface area contributed by atoms with Gasteiger partial charge in [0, 0.05) is 16.5 Å². The Morgan fingerprint density at radius 1 is 1.11 bits per heavy atom. The lowest BCUT2D eigenvalue weighted by Gasteiger charge is -2.06. The molecule has 0 aliphatic carbocycles. The lowest BCUT2D eigenvalue weighted by Crippen LogP contribution is -2.06. The number of benzene rings is 2. The average Bonchev–Trinajstić information content (AvgIpc) is 2.31. The largest absolute Gasteiger partial charge is 0.294 e. The SMILES string of the molecule is Cc1cc(C)cc(C(=O)Cc2ccc(Br)cc2F)c1. The minimum atomic E-state index is -0.355. The molecule has 2 rings (SSSR count). The number of hydrogen-bond acceptors (Lipinski definition) is 1. The van der Waals surface area contributed by atoms with Gasteiger partial charge < -0.3 is 0 Å². The van der Waals surface area contributed by atoms with E-state index < -0.39 is 0 Å². The molecule has 0 saturated carbocycles. The quantitative estimate of drug-likeness (QED) is 0.753. The highest BCUT2D eigenvalue weighted by Gasteiger charge is 2.11. The van der Waals surface area contributed by atoms with E-state index in [1.165, 1.54) is 6.07 Å². The van der Waals surface area contributed by atoms with Crippen molar-refractivity contribution in [1.29, 1.82) is 0 Å². The van der Waals surface area contributed by atoms with E-state index in [0.29, 0.717) is 15.6 Å². The third-order valence-electron chi connectivity index (χ3n) is 2.91. The van der Waals surface area contributed by atoms with E-state index >= 15 is 0 Å². The van der Waals surface area contributed by atoms with Crippen LogP contribution in [0.3, 0.4) is 0 Å². The normalized spacial score (nSPS) is 10.5. The zero-order valence-electron chi connectivity index (χ0n) is 10.8. The van der Waals surface area contributed by atoms with Crippen LogP contribution in [0.25, 0.3) is 0 Å². The Balaban J connectivity index is 2.25. The molecule has 0 N–H and O–H groups in total. The molecule has 0 aliphatic heterocycles. The highest BCUT2D eigenvalue weighted by atomic mass is 79.9. The Kier molecular flexibility index (Phi) is 4.15. The van der Waals surface area contributed by atoms with Crippen LogP contribution < -0.4 is 0 Å². The summed E-state index contributed by atoms with van der Waals surface area (Å²) in [5.74, 6) is -0.417. The molecule has 0 saturated heterocycles. The number of rotatable bonds is 3. The second kappa shape index (κ2) is 5.66. The lowest BCUT2D eigenvalue weighted by atomic mass is 9.99. The third-order valence-corrected chi connectivity index (χ3v) is 3.40. The summed E-state index contributed by atoms with van der Waals surface area (Å²) < 4.78 is 14.4. The molecule has 2 aromatic rings. The van der Waals surface area contributed by atoms with Crippen molar-refractivity contribution in [3.8, 4) is 0 Å². The monoisotopic (exact) mass is 320 g/mol. The fourth-order valence-corrected chi connectivity index (χ4v) is 2.41. The summed E-state index contributed by atoms with van der Waals surface area (Å²) in [5.41, 5.74) is 3.14. The van der Waals surface area contributed by atoms with Crippen molar-refractivity contribution in [3.05, 3.63) is 68.9 Å². The molecule has 0 spiro atoms. The summed E-state index contributed by atoms with van der Waals surface area (Å²) in [4.78, 5) is 12.2. The standard InChI is InChI=1S/C16H14BrFO/c1-10-5-11(2)7-13(6-10)16(19)8-12-3-4-14(17)9-15(12)18/h3-7,9H,8H2,1-2H3. The molecule has 0 heterocycles. The summed E-state index contributed by atoms with van der Waals surface area (Å²) in [7, 11) is 0. The van der Waals surface area contributed by atoms with Crippen molar-refractivity contribution < 1.29 is 9.18 Å². The number of carbonyl (C=O) groups excluding carboxylic acids is 1. The van der Waals surface area contributed by atoms with Gasteiger partial charge in [-0.2, -0.15) is 0 Å². The average molecular weight is 321 g/mol. The van der Waals surface area contributed by atoms with Crippen LogP contribution in [-0.2, 0) is 6.42 Å². The van der Waals surface area contributed by atoms with Crippen LogP contribution in [0.15, 0.2) is 40.9 Å². The van der Waals surface area contributed by atoms with Crippen LogP contribution in [0.4, 0.5) is 4.39 Å². The number of carbonyl (C=O) groups is 1. The van der Waals surface area contributed by atoms with Gasteiger partial charge in [0.1, 0.15) is 5.82 Å². The molecule has 2 aromatic carbocycles. The van der Waals surface area contributed by atoms with Crippen molar-refractivity contribution in [2.45, 2.75) is 20.3 Å². The Bertz CT molecular complexity index is 614. The molecule has 0 bridgehead atoms. The fourth-order valence-electron chi connectivity index (χ4n) is 2.08. The summed E-state index contributed by atoms with van der Waals surface area (Å²) in [6.07, 6.45) is 0.0853. The molecule has 0 amide bonds. The first-order valence-electron chi connectivity index (χ1n) is 6.01.